The Labute approximate surface area is 121 Å². The Morgan fingerprint density at radius 2 is 2.00 bits per heavy atom. The van der Waals surface area contributed by atoms with Gasteiger partial charge < -0.3 is 0 Å². The van der Waals surface area contributed by atoms with E-state index in [2.05, 4.69) is 50.9 Å². The van der Waals surface area contributed by atoms with E-state index in [0.717, 1.165) is 15.1 Å². The van der Waals surface area contributed by atoms with Crippen LogP contribution in [0, 0.1) is 6.92 Å². The Hall–Kier alpha value is 0.170. The van der Waals surface area contributed by atoms with E-state index in [1.165, 1.54) is 9.75 Å². The SMILES string of the molecule is Cc1ccc(C(Br)c2cccc(Br)c2Cl)s1. The molecule has 0 spiro atoms. The van der Waals surface area contributed by atoms with Gasteiger partial charge in [-0.25, -0.2) is 0 Å². The fraction of sp³-hybridized carbons (Fsp3) is 0.167. The van der Waals surface area contributed by atoms with Crippen LogP contribution in [0.2, 0.25) is 5.02 Å². The molecule has 16 heavy (non-hydrogen) atoms. The molecule has 0 aliphatic carbocycles. The van der Waals surface area contributed by atoms with Crippen LogP contribution < -0.4 is 0 Å². The van der Waals surface area contributed by atoms with E-state index < -0.39 is 0 Å². The van der Waals surface area contributed by atoms with Crippen LogP contribution in [0.4, 0.5) is 0 Å². The van der Waals surface area contributed by atoms with Crippen LogP contribution in [0.25, 0.3) is 0 Å². The molecule has 1 unspecified atom stereocenters. The Morgan fingerprint density at radius 1 is 1.25 bits per heavy atom. The maximum atomic E-state index is 6.27. The molecule has 0 amide bonds. The number of benzene rings is 1. The summed E-state index contributed by atoms with van der Waals surface area (Å²) in [4.78, 5) is 2.75. The second-order valence-electron chi connectivity index (χ2n) is 3.45. The fourth-order valence-electron chi connectivity index (χ4n) is 1.46. The zero-order valence-electron chi connectivity index (χ0n) is 8.51. The molecule has 1 atom stereocenters. The minimum atomic E-state index is 0.163. The first-order valence-corrected chi connectivity index (χ1v) is 7.64. The lowest BCUT2D eigenvalue weighted by molar-refractivity contribution is 1.22. The van der Waals surface area contributed by atoms with Crippen LogP contribution in [0.15, 0.2) is 34.8 Å². The number of hydrogen-bond donors (Lipinski definition) is 0. The summed E-state index contributed by atoms with van der Waals surface area (Å²) in [5.74, 6) is 0. The summed E-state index contributed by atoms with van der Waals surface area (Å²) in [6.45, 7) is 2.11. The van der Waals surface area contributed by atoms with E-state index in [-0.39, 0.29) is 4.83 Å². The summed E-state index contributed by atoms with van der Waals surface area (Å²) in [5, 5.41) is 0.774. The zero-order valence-corrected chi connectivity index (χ0v) is 13.3. The quantitative estimate of drug-likeness (QED) is 0.564. The lowest BCUT2D eigenvalue weighted by Crippen LogP contribution is -1.91. The summed E-state index contributed by atoms with van der Waals surface area (Å²) in [5.41, 5.74) is 1.10. The summed E-state index contributed by atoms with van der Waals surface area (Å²) in [7, 11) is 0. The standard InChI is InChI=1S/C12H9Br2ClS/c1-7-5-6-10(16-7)11(14)8-3-2-4-9(13)12(8)15/h2-6,11H,1H3. The molecular weight excluding hydrogens is 371 g/mol. The van der Waals surface area contributed by atoms with Gasteiger partial charge in [0.1, 0.15) is 0 Å². The van der Waals surface area contributed by atoms with E-state index in [0.29, 0.717) is 0 Å². The maximum absolute atomic E-state index is 6.27. The number of alkyl halides is 1. The molecule has 0 aliphatic rings. The average molecular weight is 381 g/mol. The van der Waals surface area contributed by atoms with E-state index in [4.69, 9.17) is 11.6 Å². The predicted molar refractivity (Wildman–Crippen MR) is 79.0 cm³/mol. The number of thiophene rings is 1. The fourth-order valence-corrected chi connectivity index (χ4v) is 3.90. The first kappa shape index (κ1) is 12.6. The van der Waals surface area contributed by atoms with Crippen LogP contribution in [-0.2, 0) is 0 Å². The van der Waals surface area contributed by atoms with Crippen LogP contribution in [0.5, 0.6) is 0 Å². The molecule has 0 saturated carbocycles. The van der Waals surface area contributed by atoms with Crippen LogP contribution in [-0.4, -0.2) is 0 Å². The Bertz CT molecular complexity index is 507. The molecule has 0 fully saturated rings. The maximum Gasteiger partial charge on any atom is 0.0752 e. The van der Waals surface area contributed by atoms with Gasteiger partial charge in [-0.3, -0.25) is 0 Å². The summed E-state index contributed by atoms with van der Waals surface area (Å²) in [6.07, 6.45) is 0. The Morgan fingerprint density at radius 3 is 2.62 bits per heavy atom. The van der Waals surface area contributed by atoms with Gasteiger partial charge in [-0.2, -0.15) is 0 Å². The lowest BCUT2D eigenvalue weighted by Gasteiger charge is -2.11. The highest BCUT2D eigenvalue weighted by Gasteiger charge is 2.16. The van der Waals surface area contributed by atoms with E-state index in [9.17, 15) is 0 Å². The summed E-state index contributed by atoms with van der Waals surface area (Å²) in [6, 6.07) is 10.3. The molecule has 84 valence electrons. The van der Waals surface area contributed by atoms with Crippen molar-refractivity contribution in [3.63, 3.8) is 0 Å². The molecule has 1 aromatic carbocycles. The van der Waals surface area contributed by atoms with Crippen molar-refractivity contribution in [3.05, 3.63) is 55.1 Å². The molecular formula is C12H9Br2ClS. The third-order valence-corrected chi connectivity index (χ3v) is 5.93. The normalized spacial score (nSPS) is 12.8. The molecule has 0 radical (unpaired) electrons. The first-order chi connectivity index (χ1) is 7.59. The second kappa shape index (κ2) is 5.21. The molecule has 1 heterocycles. The van der Waals surface area contributed by atoms with Gasteiger partial charge in [0.25, 0.3) is 0 Å². The number of aryl methyl sites for hydroxylation is 1. The topological polar surface area (TPSA) is 0 Å². The van der Waals surface area contributed by atoms with Crippen LogP contribution in [0.1, 0.15) is 20.1 Å². The van der Waals surface area contributed by atoms with Gasteiger partial charge >= 0.3 is 0 Å². The second-order valence-corrected chi connectivity index (χ2v) is 6.92. The largest absolute Gasteiger partial charge is 0.144 e. The van der Waals surface area contributed by atoms with Gasteiger partial charge in [0, 0.05) is 14.2 Å². The molecule has 1 aromatic heterocycles. The third-order valence-electron chi connectivity index (χ3n) is 2.27. The van der Waals surface area contributed by atoms with Gasteiger partial charge in [0.2, 0.25) is 0 Å². The van der Waals surface area contributed by atoms with Crippen LogP contribution >= 0.6 is 54.8 Å². The van der Waals surface area contributed by atoms with E-state index >= 15 is 0 Å². The number of hydrogen-bond acceptors (Lipinski definition) is 1. The summed E-state index contributed by atoms with van der Waals surface area (Å²) >= 11 is 15.2. The molecule has 0 aliphatic heterocycles. The third kappa shape index (κ3) is 2.53. The van der Waals surface area contributed by atoms with Crippen molar-refractivity contribution in [2.75, 3.05) is 0 Å². The lowest BCUT2D eigenvalue weighted by atomic mass is 10.1. The van der Waals surface area contributed by atoms with Crippen molar-refractivity contribution in [2.45, 2.75) is 11.8 Å². The molecule has 2 rings (SSSR count). The minimum absolute atomic E-state index is 0.163. The van der Waals surface area contributed by atoms with Crippen molar-refractivity contribution in [1.82, 2.24) is 0 Å². The first-order valence-electron chi connectivity index (χ1n) is 4.74. The molecule has 0 saturated heterocycles. The van der Waals surface area contributed by atoms with Crippen molar-refractivity contribution in [3.8, 4) is 0 Å². The van der Waals surface area contributed by atoms with Gasteiger partial charge in [0.15, 0.2) is 0 Å². The average Bonchev–Trinajstić information content (AvgIpc) is 2.68. The van der Waals surface area contributed by atoms with Crippen molar-refractivity contribution < 1.29 is 0 Å². The van der Waals surface area contributed by atoms with Crippen LogP contribution in [0.3, 0.4) is 0 Å². The highest BCUT2D eigenvalue weighted by molar-refractivity contribution is 9.10. The summed E-state index contributed by atoms with van der Waals surface area (Å²) < 4.78 is 0.935. The smallest absolute Gasteiger partial charge is 0.0752 e. The van der Waals surface area contributed by atoms with Gasteiger partial charge in [0.05, 0.1) is 9.85 Å². The highest BCUT2D eigenvalue weighted by Crippen LogP contribution is 2.40. The Kier molecular flexibility index (Phi) is 4.11. The highest BCUT2D eigenvalue weighted by atomic mass is 79.9. The molecule has 0 bridgehead atoms. The van der Waals surface area contributed by atoms with E-state index in [1.54, 1.807) is 11.3 Å². The zero-order chi connectivity index (χ0) is 11.7. The molecule has 4 heteroatoms. The number of rotatable bonds is 2. The van der Waals surface area contributed by atoms with Crippen molar-refractivity contribution in [1.29, 1.82) is 0 Å². The van der Waals surface area contributed by atoms with E-state index in [1.807, 2.05) is 18.2 Å². The monoisotopic (exact) mass is 378 g/mol. The minimum Gasteiger partial charge on any atom is -0.144 e. The van der Waals surface area contributed by atoms with Gasteiger partial charge in [-0.1, -0.05) is 39.7 Å². The van der Waals surface area contributed by atoms with Gasteiger partial charge in [-0.15, -0.1) is 11.3 Å². The molecule has 0 nitrogen and oxygen atoms in total. The Balaban J connectivity index is 2.41. The van der Waals surface area contributed by atoms with Crippen molar-refractivity contribution >= 4 is 54.8 Å². The van der Waals surface area contributed by atoms with Gasteiger partial charge in [-0.05, 0) is 46.6 Å². The molecule has 2 aromatic rings. The predicted octanol–water partition coefficient (Wildman–Crippen LogP) is 5.96. The number of halogens is 3. The van der Waals surface area contributed by atoms with Crippen molar-refractivity contribution in [2.24, 2.45) is 0 Å². The molecule has 0 N–H and O–H groups in total.